The minimum absolute atomic E-state index is 0.571. The molecule has 0 amide bonds. The summed E-state index contributed by atoms with van der Waals surface area (Å²) >= 11 is 0. The van der Waals surface area contributed by atoms with Crippen molar-refractivity contribution in [3.05, 3.63) is 60.8 Å². The van der Waals surface area contributed by atoms with Crippen LogP contribution in [-0.4, -0.2) is 30.0 Å². The first-order valence-corrected chi connectivity index (χ1v) is 7.55. The van der Waals surface area contributed by atoms with E-state index in [1.54, 1.807) is 7.11 Å². The van der Waals surface area contributed by atoms with Crippen LogP contribution in [0.4, 0.5) is 5.69 Å². The lowest BCUT2D eigenvalue weighted by molar-refractivity contribution is 0.414. The van der Waals surface area contributed by atoms with Crippen molar-refractivity contribution in [2.24, 2.45) is 5.73 Å². The maximum Gasteiger partial charge on any atom is 0.119 e. The molecule has 0 atom stereocenters. The number of hydrogen-bond donors (Lipinski definition) is 2. The summed E-state index contributed by atoms with van der Waals surface area (Å²) < 4.78 is 7.15. The molecule has 0 saturated carbocycles. The quantitative estimate of drug-likeness (QED) is 0.735. The lowest BCUT2D eigenvalue weighted by Gasteiger charge is -2.11. The van der Waals surface area contributed by atoms with Crippen molar-refractivity contribution in [1.82, 2.24) is 9.78 Å². The second kappa shape index (κ2) is 6.98. The summed E-state index contributed by atoms with van der Waals surface area (Å²) in [4.78, 5) is 0. The number of aromatic nitrogens is 2. The van der Waals surface area contributed by atoms with Gasteiger partial charge in [0.25, 0.3) is 0 Å². The normalized spacial score (nSPS) is 10.5. The number of nitrogens with one attached hydrogen (secondary N) is 1. The van der Waals surface area contributed by atoms with Gasteiger partial charge in [-0.1, -0.05) is 30.3 Å². The van der Waals surface area contributed by atoms with Gasteiger partial charge < -0.3 is 15.8 Å². The summed E-state index contributed by atoms with van der Waals surface area (Å²) in [6.45, 7) is 1.27. The van der Waals surface area contributed by atoms with Gasteiger partial charge in [0.05, 0.1) is 30.4 Å². The summed E-state index contributed by atoms with van der Waals surface area (Å²) in [7, 11) is 1.66. The van der Waals surface area contributed by atoms with Gasteiger partial charge in [-0.3, -0.25) is 0 Å². The fourth-order valence-corrected chi connectivity index (χ4v) is 2.48. The minimum Gasteiger partial charge on any atom is -0.497 e. The predicted octanol–water partition coefficient (Wildman–Crippen LogP) is 2.92. The van der Waals surface area contributed by atoms with Crippen LogP contribution in [-0.2, 0) is 0 Å². The van der Waals surface area contributed by atoms with Crippen molar-refractivity contribution in [2.45, 2.75) is 0 Å². The van der Waals surface area contributed by atoms with Gasteiger partial charge in [0.15, 0.2) is 0 Å². The van der Waals surface area contributed by atoms with Crippen LogP contribution in [0.15, 0.2) is 60.8 Å². The van der Waals surface area contributed by atoms with E-state index < -0.39 is 0 Å². The van der Waals surface area contributed by atoms with E-state index >= 15 is 0 Å². The van der Waals surface area contributed by atoms with Crippen molar-refractivity contribution in [3.63, 3.8) is 0 Å². The van der Waals surface area contributed by atoms with Gasteiger partial charge in [0, 0.05) is 18.7 Å². The molecule has 0 aliphatic rings. The molecule has 5 nitrogen and oxygen atoms in total. The van der Waals surface area contributed by atoms with E-state index in [1.165, 1.54) is 0 Å². The first-order valence-electron chi connectivity index (χ1n) is 7.55. The number of rotatable bonds is 6. The summed E-state index contributed by atoms with van der Waals surface area (Å²) in [6, 6.07) is 18.0. The average molecular weight is 308 g/mol. The van der Waals surface area contributed by atoms with E-state index in [4.69, 9.17) is 10.5 Å². The van der Waals surface area contributed by atoms with E-state index in [9.17, 15) is 0 Å². The molecule has 0 saturated heterocycles. The number of hydrogen-bond acceptors (Lipinski definition) is 4. The zero-order valence-electron chi connectivity index (χ0n) is 13.1. The van der Waals surface area contributed by atoms with Crippen LogP contribution in [0.1, 0.15) is 0 Å². The van der Waals surface area contributed by atoms with Crippen LogP contribution in [0, 0.1) is 0 Å². The third-order valence-electron chi connectivity index (χ3n) is 3.59. The number of nitrogens with two attached hydrogens (primary N) is 1. The molecular weight excluding hydrogens is 288 g/mol. The highest BCUT2D eigenvalue weighted by Crippen LogP contribution is 2.30. The van der Waals surface area contributed by atoms with Crippen molar-refractivity contribution in [1.29, 1.82) is 0 Å². The van der Waals surface area contributed by atoms with Crippen molar-refractivity contribution >= 4 is 5.69 Å². The average Bonchev–Trinajstić information content (AvgIpc) is 3.04. The van der Waals surface area contributed by atoms with Gasteiger partial charge >= 0.3 is 0 Å². The van der Waals surface area contributed by atoms with Gasteiger partial charge in [-0.2, -0.15) is 5.10 Å². The van der Waals surface area contributed by atoms with Gasteiger partial charge in [-0.05, 0) is 24.3 Å². The molecular formula is C18H20N4O. The Bertz CT molecular complexity index is 750. The minimum atomic E-state index is 0.571. The Morgan fingerprint density at radius 2 is 1.83 bits per heavy atom. The van der Waals surface area contributed by atoms with Crippen molar-refractivity contribution < 1.29 is 4.74 Å². The number of methoxy groups -OCH3 is 1. The zero-order valence-corrected chi connectivity index (χ0v) is 13.1. The molecule has 1 heterocycles. The molecule has 118 valence electrons. The highest BCUT2D eigenvalue weighted by Gasteiger charge is 2.14. The summed E-state index contributed by atoms with van der Waals surface area (Å²) in [5.74, 6) is 0.823. The fraction of sp³-hybridized carbons (Fsp3) is 0.167. The second-order valence-electron chi connectivity index (χ2n) is 5.10. The van der Waals surface area contributed by atoms with Crippen LogP contribution in [0.25, 0.3) is 16.9 Å². The Hall–Kier alpha value is -2.79. The number of benzene rings is 2. The van der Waals surface area contributed by atoms with Crippen LogP contribution in [0.5, 0.6) is 5.75 Å². The Morgan fingerprint density at radius 3 is 2.48 bits per heavy atom. The van der Waals surface area contributed by atoms with E-state index in [2.05, 4.69) is 22.5 Å². The number of anilines is 1. The smallest absolute Gasteiger partial charge is 0.119 e. The SMILES string of the molecule is COc1ccc(-n2ncc(NCCN)c2-c2ccccc2)cc1. The standard InChI is InChI=1S/C18H20N4O/c1-23-16-9-7-15(8-10-16)22-18(14-5-3-2-4-6-14)17(13-21-22)20-12-11-19/h2-10,13,20H,11-12,19H2,1H3. The van der Waals surface area contributed by atoms with Gasteiger partial charge in [0.2, 0.25) is 0 Å². The van der Waals surface area contributed by atoms with Crippen molar-refractivity contribution in [2.75, 3.05) is 25.5 Å². The fourth-order valence-electron chi connectivity index (χ4n) is 2.48. The molecule has 0 unspecified atom stereocenters. The molecule has 0 aliphatic carbocycles. The van der Waals surface area contributed by atoms with Crippen LogP contribution in [0.3, 0.4) is 0 Å². The monoisotopic (exact) mass is 308 g/mol. The molecule has 1 aromatic heterocycles. The van der Waals surface area contributed by atoms with E-state index in [1.807, 2.05) is 53.3 Å². The highest BCUT2D eigenvalue weighted by atomic mass is 16.5. The molecule has 0 spiro atoms. The molecule has 5 heteroatoms. The van der Waals surface area contributed by atoms with Crippen molar-refractivity contribution in [3.8, 4) is 22.7 Å². The van der Waals surface area contributed by atoms with Gasteiger partial charge in [-0.15, -0.1) is 0 Å². The van der Waals surface area contributed by atoms with Gasteiger partial charge in [-0.25, -0.2) is 4.68 Å². The highest BCUT2D eigenvalue weighted by molar-refractivity contribution is 5.76. The molecule has 3 N–H and O–H groups in total. The van der Waals surface area contributed by atoms with Gasteiger partial charge in [0.1, 0.15) is 5.75 Å². The maximum absolute atomic E-state index is 5.61. The zero-order chi connectivity index (χ0) is 16.1. The third-order valence-corrected chi connectivity index (χ3v) is 3.59. The Morgan fingerprint density at radius 1 is 1.09 bits per heavy atom. The number of nitrogens with zero attached hydrogens (tertiary/aromatic N) is 2. The maximum atomic E-state index is 5.61. The molecule has 0 bridgehead atoms. The van der Waals surface area contributed by atoms with E-state index in [-0.39, 0.29) is 0 Å². The van der Waals surface area contributed by atoms with Crippen LogP contribution < -0.4 is 15.8 Å². The summed E-state index contributed by atoms with van der Waals surface area (Å²) in [5, 5.41) is 7.88. The third kappa shape index (κ3) is 3.19. The lowest BCUT2D eigenvalue weighted by Crippen LogP contribution is -2.13. The largest absolute Gasteiger partial charge is 0.497 e. The Kier molecular flexibility index (Phi) is 4.59. The van der Waals surface area contributed by atoms with Crippen LogP contribution >= 0.6 is 0 Å². The summed E-state index contributed by atoms with van der Waals surface area (Å²) in [5.41, 5.74) is 9.67. The van der Waals surface area contributed by atoms with Crippen LogP contribution in [0.2, 0.25) is 0 Å². The first-order chi connectivity index (χ1) is 11.3. The van der Waals surface area contributed by atoms with E-state index in [0.29, 0.717) is 13.1 Å². The number of ether oxygens (including phenoxy) is 1. The van der Waals surface area contributed by atoms with E-state index in [0.717, 1.165) is 28.4 Å². The Balaban J connectivity index is 2.07. The second-order valence-corrected chi connectivity index (χ2v) is 5.10. The Labute approximate surface area is 135 Å². The first kappa shape index (κ1) is 15.1. The molecule has 23 heavy (non-hydrogen) atoms. The molecule has 0 fully saturated rings. The lowest BCUT2D eigenvalue weighted by atomic mass is 10.1. The summed E-state index contributed by atoms with van der Waals surface area (Å²) in [6.07, 6.45) is 1.84. The molecule has 0 radical (unpaired) electrons. The molecule has 3 aromatic rings. The topological polar surface area (TPSA) is 65.1 Å². The molecule has 0 aliphatic heterocycles. The predicted molar refractivity (Wildman–Crippen MR) is 93.1 cm³/mol. The molecule has 3 rings (SSSR count). The molecule has 2 aromatic carbocycles.